The summed E-state index contributed by atoms with van der Waals surface area (Å²) in [5.41, 5.74) is 3.07. The maximum Gasteiger partial charge on any atom is 0.177 e. The van der Waals surface area contributed by atoms with Crippen molar-refractivity contribution in [3.63, 3.8) is 0 Å². The number of aromatic amines is 1. The molecule has 2 aromatic rings. The normalized spacial score (nSPS) is 15.3. The number of rotatable bonds is 7. The Balaban J connectivity index is 1.43. The number of fused-ring (bicyclic) bond motifs is 1. The first-order valence-electron chi connectivity index (χ1n) is 6.64. The standard InChI is InChI=1S/C13H19N5/c1(6-15-11-2-3-11)5-14-8-10-4-7-16-13-12(10)17-9-18-13/h4,7,9,11,14-15H,1-3,5-6,8H2,(H,16,17,18). The van der Waals surface area contributed by atoms with Crippen LogP contribution in [-0.2, 0) is 6.54 Å². The maximum absolute atomic E-state index is 4.21. The van der Waals surface area contributed by atoms with E-state index in [1.54, 1.807) is 6.33 Å². The molecule has 1 aliphatic rings. The summed E-state index contributed by atoms with van der Waals surface area (Å²) in [6.45, 7) is 3.02. The third-order valence-corrected chi connectivity index (χ3v) is 3.27. The SMILES string of the molecule is c1cc(CNCCCNC2CC2)c2[nH]cnc2n1. The minimum Gasteiger partial charge on any atom is -0.343 e. The van der Waals surface area contributed by atoms with Crippen LogP contribution in [0.15, 0.2) is 18.6 Å². The molecule has 5 nitrogen and oxygen atoms in total. The first kappa shape index (κ1) is 11.6. The molecule has 0 saturated heterocycles. The molecule has 1 saturated carbocycles. The molecule has 5 heteroatoms. The second kappa shape index (κ2) is 5.46. The molecule has 3 rings (SSSR count). The monoisotopic (exact) mass is 245 g/mol. The quantitative estimate of drug-likeness (QED) is 0.641. The number of hydrogen-bond acceptors (Lipinski definition) is 4. The Morgan fingerprint density at radius 2 is 2.22 bits per heavy atom. The van der Waals surface area contributed by atoms with Gasteiger partial charge >= 0.3 is 0 Å². The smallest absolute Gasteiger partial charge is 0.177 e. The van der Waals surface area contributed by atoms with Crippen LogP contribution in [0.5, 0.6) is 0 Å². The predicted molar refractivity (Wildman–Crippen MR) is 71.2 cm³/mol. The van der Waals surface area contributed by atoms with Crippen molar-refractivity contribution in [3.05, 3.63) is 24.2 Å². The number of imidazole rings is 1. The largest absolute Gasteiger partial charge is 0.343 e. The van der Waals surface area contributed by atoms with Gasteiger partial charge in [0.05, 0.1) is 11.8 Å². The highest BCUT2D eigenvalue weighted by Crippen LogP contribution is 2.18. The molecule has 0 unspecified atom stereocenters. The van der Waals surface area contributed by atoms with E-state index in [0.29, 0.717) is 0 Å². The van der Waals surface area contributed by atoms with Gasteiger partial charge in [-0.05, 0) is 44.0 Å². The van der Waals surface area contributed by atoms with Crippen molar-refractivity contribution in [1.29, 1.82) is 0 Å². The molecule has 0 radical (unpaired) electrons. The van der Waals surface area contributed by atoms with E-state index in [1.807, 2.05) is 12.3 Å². The number of nitrogens with zero attached hydrogens (tertiary/aromatic N) is 2. The van der Waals surface area contributed by atoms with Crippen molar-refractivity contribution < 1.29 is 0 Å². The van der Waals surface area contributed by atoms with E-state index in [0.717, 1.165) is 36.8 Å². The van der Waals surface area contributed by atoms with Gasteiger partial charge in [0, 0.05) is 18.8 Å². The predicted octanol–water partition coefficient (Wildman–Crippen LogP) is 1.19. The van der Waals surface area contributed by atoms with Crippen LogP contribution in [0.25, 0.3) is 11.2 Å². The third-order valence-electron chi connectivity index (χ3n) is 3.27. The Kier molecular flexibility index (Phi) is 3.52. The summed E-state index contributed by atoms with van der Waals surface area (Å²) in [6.07, 6.45) is 7.41. The molecule has 18 heavy (non-hydrogen) atoms. The van der Waals surface area contributed by atoms with Gasteiger partial charge in [-0.3, -0.25) is 0 Å². The Morgan fingerprint density at radius 1 is 1.28 bits per heavy atom. The Hall–Kier alpha value is -1.46. The zero-order valence-electron chi connectivity index (χ0n) is 10.4. The van der Waals surface area contributed by atoms with Crippen molar-refractivity contribution in [2.75, 3.05) is 13.1 Å². The topological polar surface area (TPSA) is 65.6 Å². The van der Waals surface area contributed by atoms with E-state index < -0.39 is 0 Å². The summed E-state index contributed by atoms with van der Waals surface area (Å²) >= 11 is 0. The fourth-order valence-electron chi connectivity index (χ4n) is 2.08. The summed E-state index contributed by atoms with van der Waals surface area (Å²) in [6, 6.07) is 2.85. The molecule has 3 N–H and O–H groups in total. The van der Waals surface area contributed by atoms with E-state index in [2.05, 4.69) is 25.6 Å². The van der Waals surface area contributed by atoms with Gasteiger partial charge in [0.25, 0.3) is 0 Å². The molecule has 96 valence electrons. The average molecular weight is 245 g/mol. The average Bonchev–Trinajstić information content (AvgIpc) is 3.08. The van der Waals surface area contributed by atoms with Gasteiger partial charge in [-0.2, -0.15) is 0 Å². The molecule has 1 aliphatic carbocycles. The van der Waals surface area contributed by atoms with Crippen LogP contribution in [0.4, 0.5) is 0 Å². The van der Waals surface area contributed by atoms with Gasteiger partial charge in [-0.25, -0.2) is 9.97 Å². The second-order valence-electron chi connectivity index (χ2n) is 4.83. The van der Waals surface area contributed by atoms with Gasteiger partial charge in [-0.15, -0.1) is 0 Å². The molecule has 2 heterocycles. The van der Waals surface area contributed by atoms with E-state index in [4.69, 9.17) is 0 Å². The van der Waals surface area contributed by atoms with E-state index in [9.17, 15) is 0 Å². The van der Waals surface area contributed by atoms with E-state index >= 15 is 0 Å². The molecule has 1 fully saturated rings. The lowest BCUT2D eigenvalue weighted by Gasteiger charge is -2.06. The van der Waals surface area contributed by atoms with Crippen LogP contribution >= 0.6 is 0 Å². The summed E-state index contributed by atoms with van der Waals surface area (Å²) < 4.78 is 0. The lowest BCUT2D eigenvalue weighted by atomic mass is 10.2. The number of aromatic nitrogens is 3. The maximum atomic E-state index is 4.21. The van der Waals surface area contributed by atoms with Crippen LogP contribution in [0.1, 0.15) is 24.8 Å². The number of nitrogens with one attached hydrogen (secondary N) is 3. The minimum atomic E-state index is 0.796. The first-order valence-corrected chi connectivity index (χ1v) is 6.64. The molecular formula is C13H19N5. The highest BCUT2D eigenvalue weighted by Gasteiger charge is 2.19. The van der Waals surface area contributed by atoms with Gasteiger partial charge in [0.15, 0.2) is 5.65 Å². The number of pyridine rings is 1. The van der Waals surface area contributed by atoms with Crippen LogP contribution in [-0.4, -0.2) is 34.1 Å². The number of hydrogen-bond donors (Lipinski definition) is 3. The molecule has 2 aromatic heterocycles. The fraction of sp³-hybridized carbons (Fsp3) is 0.538. The molecule has 0 atom stereocenters. The van der Waals surface area contributed by atoms with Gasteiger partial charge in [-0.1, -0.05) is 0 Å². The van der Waals surface area contributed by atoms with Gasteiger partial charge < -0.3 is 15.6 Å². The lowest BCUT2D eigenvalue weighted by Crippen LogP contribution is -2.23. The third kappa shape index (κ3) is 2.86. The summed E-state index contributed by atoms with van der Waals surface area (Å²) in [7, 11) is 0. The second-order valence-corrected chi connectivity index (χ2v) is 4.83. The summed E-state index contributed by atoms with van der Waals surface area (Å²) in [4.78, 5) is 11.5. The highest BCUT2D eigenvalue weighted by molar-refractivity contribution is 5.73. The Labute approximate surface area is 106 Å². The highest BCUT2D eigenvalue weighted by atomic mass is 15.0. The van der Waals surface area contributed by atoms with Crippen molar-refractivity contribution in [2.24, 2.45) is 0 Å². The summed E-state index contributed by atoms with van der Waals surface area (Å²) in [5.74, 6) is 0. The molecule has 0 amide bonds. The molecular weight excluding hydrogens is 226 g/mol. The van der Waals surface area contributed by atoms with Crippen LogP contribution in [0.3, 0.4) is 0 Å². The Bertz CT molecular complexity index is 503. The molecule has 0 bridgehead atoms. The lowest BCUT2D eigenvalue weighted by molar-refractivity contribution is 0.594. The van der Waals surface area contributed by atoms with Crippen molar-refractivity contribution in [2.45, 2.75) is 31.8 Å². The Morgan fingerprint density at radius 3 is 3.11 bits per heavy atom. The van der Waals surface area contributed by atoms with Crippen molar-refractivity contribution in [1.82, 2.24) is 25.6 Å². The van der Waals surface area contributed by atoms with Gasteiger partial charge in [0.1, 0.15) is 0 Å². The molecule has 0 aromatic carbocycles. The van der Waals surface area contributed by atoms with Crippen LogP contribution in [0.2, 0.25) is 0 Å². The zero-order chi connectivity index (χ0) is 12.2. The minimum absolute atomic E-state index is 0.796. The number of H-pyrrole nitrogens is 1. The molecule has 0 spiro atoms. The van der Waals surface area contributed by atoms with E-state index in [-0.39, 0.29) is 0 Å². The van der Waals surface area contributed by atoms with Crippen LogP contribution < -0.4 is 10.6 Å². The van der Waals surface area contributed by atoms with Gasteiger partial charge in [0.2, 0.25) is 0 Å². The van der Waals surface area contributed by atoms with Crippen molar-refractivity contribution >= 4 is 11.2 Å². The molecule has 0 aliphatic heterocycles. The summed E-state index contributed by atoms with van der Waals surface area (Å²) in [5, 5.41) is 6.98. The first-order chi connectivity index (χ1) is 8.93. The zero-order valence-corrected chi connectivity index (χ0v) is 10.4. The van der Waals surface area contributed by atoms with Crippen LogP contribution in [0, 0.1) is 0 Å². The van der Waals surface area contributed by atoms with Crippen molar-refractivity contribution in [3.8, 4) is 0 Å². The fourth-order valence-corrected chi connectivity index (χ4v) is 2.08. The van der Waals surface area contributed by atoms with E-state index in [1.165, 1.54) is 24.8 Å².